The summed E-state index contributed by atoms with van der Waals surface area (Å²) in [5.74, 6) is 1.78. The first-order valence-electron chi connectivity index (χ1n) is 8.54. The van der Waals surface area contributed by atoms with Crippen molar-refractivity contribution in [1.29, 1.82) is 0 Å². The number of rotatable bonds is 3. The van der Waals surface area contributed by atoms with Crippen LogP contribution in [0.1, 0.15) is 41.6 Å². The fraction of sp³-hybridized carbons (Fsp3) is 0.500. The second kappa shape index (κ2) is 6.74. The normalized spacial score (nSPS) is 15.1. The minimum Gasteiger partial charge on any atom is -0.465 e. The molecule has 0 unspecified atom stereocenters. The third-order valence-electron chi connectivity index (χ3n) is 4.62. The van der Waals surface area contributed by atoms with Gasteiger partial charge in [0.05, 0.1) is 17.4 Å². The van der Waals surface area contributed by atoms with E-state index in [1.807, 2.05) is 31.7 Å². The highest BCUT2D eigenvalue weighted by molar-refractivity contribution is 5.95. The van der Waals surface area contributed by atoms with Gasteiger partial charge in [-0.1, -0.05) is 13.8 Å². The minimum atomic E-state index is -0.133. The van der Waals surface area contributed by atoms with E-state index in [0.29, 0.717) is 37.5 Å². The minimum absolute atomic E-state index is 0.00917. The first-order valence-corrected chi connectivity index (χ1v) is 8.54. The SMILES string of the molecule is Cc1oc(C(C)C)cc1C(=O)N1CCN(c2cnn(C)c(=O)c2)CC1. The molecule has 1 aliphatic heterocycles. The summed E-state index contributed by atoms with van der Waals surface area (Å²) in [6.07, 6.45) is 1.69. The molecule has 0 aliphatic carbocycles. The van der Waals surface area contributed by atoms with Crippen LogP contribution in [-0.2, 0) is 7.05 Å². The Hall–Kier alpha value is -2.57. The van der Waals surface area contributed by atoms with E-state index >= 15 is 0 Å². The molecule has 134 valence electrons. The lowest BCUT2D eigenvalue weighted by Crippen LogP contribution is -2.49. The molecule has 0 aromatic carbocycles. The molecule has 2 aromatic rings. The third-order valence-corrected chi connectivity index (χ3v) is 4.62. The molecule has 0 N–H and O–H groups in total. The molecule has 2 aromatic heterocycles. The number of carbonyl (C=O) groups is 1. The van der Waals surface area contributed by atoms with Crippen LogP contribution in [0.5, 0.6) is 0 Å². The third kappa shape index (κ3) is 3.45. The van der Waals surface area contributed by atoms with Crippen LogP contribution in [0.3, 0.4) is 0 Å². The first-order chi connectivity index (χ1) is 11.9. The molecule has 1 aliphatic rings. The molecule has 0 radical (unpaired) electrons. The van der Waals surface area contributed by atoms with E-state index in [4.69, 9.17) is 4.42 Å². The average Bonchev–Trinajstić information content (AvgIpc) is 2.99. The quantitative estimate of drug-likeness (QED) is 0.848. The summed E-state index contributed by atoms with van der Waals surface area (Å²) in [7, 11) is 1.63. The second-order valence-corrected chi connectivity index (χ2v) is 6.73. The van der Waals surface area contributed by atoms with E-state index in [-0.39, 0.29) is 17.4 Å². The summed E-state index contributed by atoms with van der Waals surface area (Å²) >= 11 is 0. The Kier molecular flexibility index (Phi) is 4.65. The molecule has 0 saturated carbocycles. The molecule has 3 heterocycles. The number of amides is 1. The lowest BCUT2D eigenvalue weighted by molar-refractivity contribution is 0.0745. The van der Waals surface area contributed by atoms with Gasteiger partial charge in [0.1, 0.15) is 11.5 Å². The molecule has 7 heteroatoms. The molecular formula is C18H24N4O3. The number of furan rings is 1. The fourth-order valence-corrected chi connectivity index (χ4v) is 2.97. The maximum Gasteiger partial charge on any atom is 0.268 e. The lowest BCUT2D eigenvalue weighted by atomic mass is 10.1. The van der Waals surface area contributed by atoms with E-state index in [9.17, 15) is 9.59 Å². The number of piperazine rings is 1. The van der Waals surface area contributed by atoms with Crippen LogP contribution in [0.15, 0.2) is 27.5 Å². The summed E-state index contributed by atoms with van der Waals surface area (Å²) in [5.41, 5.74) is 1.32. The number of hydrogen-bond donors (Lipinski definition) is 0. The topological polar surface area (TPSA) is 71.6 Å². The van der Waals surface area contributed by atoms with Gasteiger partial charge in [-0.25, -0.2) is 4.68 Å². The molecule has 25 heavy (non-hydrogen) atoms. The fourth-order valence-electron chi connectivity index (χ4n) is 2.97. The van der Waals surface area contributed by atoms with Crippen molar-refractivity contribution >= 4 is 11.6 Å². The smallest absolute Gasteiger partial charge is 0.268 e. The second-order valence-electron chi connectivity index (χ2n) is 6.73. The molecular weight excluding hydrogens is 320 g/mol. The summed E-state index contributed by atoms with van der Waals surface area (Å²) in [5, 5.41) is 4.06. The molecule has 1 saturated heterocycles. The van der Waals surface area contributed by atoms with Crippen molar-refractivity contribution in [2.45, 2.75) is 26.7 Å². The number of carbonyl (C=O) groups excluding carboxylic acids is 1. The Labute approximate surface area is 146 Å². The molecule has 1 amide bonds. The van der Waals surface area contributed by atoms with Gasteiger partial charge in [0.2, 0.25) is 0 Å². The number of aromatic nitrogens is 2. The van der Waals surface area contributed by atoms with E-state index in [1.54, 1.807) is 19.3 Å². The van der Waals surface area contributed by atoms with Crippen LogP contribution >= 0.6 is 0 Å². The highest BCUT2D eigenvalue weighted by Gasteiger charge is 2.26. The molecule has 0 spiro atoms. The number of anilines is 1. The predicted molar refractivity (Wildman–Crippen MR) is 95.1 cm³/mol. The predicted octanol–water partition coefficient (Wildman–Crippen LogP) is 1.77. The number of nitrogens with zero attached hydrogens (tertiary/aromatic N) is 4. The Bertz CT molecular complexity index is 829. The van der Waals surface area contributed by atoms with E-state index in [1.165, 1.54) is 4.68 Å². The summed E-state index contributed by atoms with van der Waals surface area (Å²) in [6, 6.07) is 3.44. The van der Waals surface area contributed by atoms with Gasteiger partial charge < -0.3 is 14.2 Å². The van der Waals surface area contributed by atoms with E-state index in [2.05, 4.69) is 10.00 Å². The van der Waals surface area contributed by atoms with Gasteiger partial charge in [-0.2, -0.15) is 5.10 Å². The van der Waals surface area contributed by atoms with Crippen LogP contribution in [0, 0.1) is 6.92 Å². The molecule has 3 rings (SSSR count). The lowest BCUT2D eigenvalue weighted by Gasteiger charge is -2.35. The monoisotopic (exact) mass is 344 g/mol. The molecule has 0 atom stereocenters. The average molecular weight is 344 g/mol. The van der Waals surface area contributed by atoms with Gasteiger partial charge in [0.15, 0.2) is 0 Å². The number of aryl methyl sites for hydroxylation is 2. The van der Waals surface area contributed by atoms with Crippen molar-refractivity contribution in [2.75, 3.05) is 31.1 Å². The van der Waals surface area contributed by atoms with Gasteiger partial charge in [0.25, 0.3) is 11.5 Å². The zero-order valence-electron chi connectivity index (χ0n) is 15.2. The van der Waals surface area contributed by atoms with E-state index in [0.717, 1.165) is 11.4 Å². The number of hydrogen-bond acceptors (Lipinski definition) is 5. The van der Waals surface area contributed by atoms with Crippen molar-refractivity contribution < 1.29 is 9.21 Å². The van der Waals surface area contributed by atoms with Gasteiger partial charge in [-0.05, 0) is 13.0 Å². The first kappa shape index (κ1) is 17.3. The van der Waals surface area contributed by atoms with Crippen LogP contribution in [0.2, 0.25) is 0 Å². The van der Waals surface area contributed by atoms with E-state index < -0.39 is 0 Å². The van der Waals surface area contributed by atoms with Crippen molar-refractivity contribution in [2.24, 2.45) is 7.05 Å². The Morgan fingerprint density at radius 3 is 2.44 bits per heavy atom. The maximum absolute atomic E-state index is 12.8. The standard InChI is InChI=1S/C18H24N4O3/c1-12(2)16-10-15(13(3)25-16)18(24)22-7-5-21(6-8-22)14-9-17(23)20(4)19-11-14/h9-12H,5-8H2,1-4H3. The molecule has 1 fully saturated rings. The van der Waals surface area contributed by atoms with Gasteiger partial charge in [0, 0.05) is 45.2 Å². The van der Waals surface area contributed by atoms with Crippen molar-refractivity contribution in [1.82, 2.24) is 14.7 Å². The van der Waals surface area contributed by atoms with Crippen molar-refractivity contribution in [3.8, 4) is 0 Å². The van der Waals surface area contributed by atoms with Gasteiger partial charge >= 0.3 is 0 Å². The Morgan fingerprint density at radius 2 is 1.88 bits per heavy atom. The Morgan fingerprint density at radius 1 is 1.20 bits per heavy atom. The summed E-state index contributed by atoms with van der Waals surface area (Å²) in [4.78, 5) is 28.4. The van der Waals surface area contributed by atoms with Crippen LogP contribution < -0.4 is 10.5 Å². The van der Waals surface area contributed by atoms with Crippen LogP contribution in [-0.4, -0.2) is 46.8 Å². The van der Waals surface area contributed by atoms with Crippen molar-refractivity contribution in [3.05, 3.63) is 45.8 Å². The zero-order chi connectivity index (χ0) is 18.1. The van der Waals surface area contributed by atoms with Crippen LogP contribution in [0.25, 0.3) is 0 Å². The molecule has 0 bridgehead atoms. The largest absolute Gasteiger partial charge is 0.465 e. The molecule has 7 nitrogen and oxygen atoms in total. The van der Waals surface area contributed by atoms with Gasteiger partial charge in [-0.3, -0.25) is 9.59 Å². The Balaban J connectivity index is 1.68. The summed E-state index contributed by atoms with van der Waals surface area (Å²) < 4.78 is 7.00. The van der Waals surface area contributed by atoms with Crippen molar-refractivity contribution in [3.63, 3.8) is 0 Å². The summed E-state index contributed by atoms with van der Waals surface area (Å²) in [6.45, 7) is 8.49. The highest BCUT2D eigenvalue weighted by Crippen LogP contribution is 2.23. The highest BCUT2D eigenvalue weighted by atomic mass is 16.3. The van der Waals surface area contributed by atoms with Gasteiger partial charge in [-0.15, -0.1) is 0 Å². The maximum atomic E-state index is 12.8. The zero-order valence-corrected chi connectivity index (χ0v) is 15.2. The van der Waals surface area contributed by atoms with Crippen LogP contribution in [0.4, 0.5) is 5.69 Å².